The van der Waals surface area contributed by atoms with Crippen LogP contribution >= 0.6 is 0 Å². The van der Waals surface area contributed by atoms with Crippen molar-refractivity contribution in [3.05, 3.63) is 54.6 Å². The van der Waals surface area contributed by atoms with Gasteiger partial charge in [-0.2, -0.15) is 0 Å². The van der Waals surface area contributed by atoms with Crippen LogP contribution in [0.2, 0.25) is 0 Å². The van der Waals surface area contributed by atoms with E-state index in [0.29, 0.717) is 5.82 Å². The van der Waals surface area contributed by atoms with Crippen molar-refractivity contribution in [2.45, 2.75) is 6.92 Å². The van der Waals surface area contributed by atoms with Crippen molar-refractivity contribution < 1.29 is 0 Å². The van der Waals surface area contributed by atoms with Gasteiger partial charge in [0.2, 0.25) is 0 Å². The summed E-state index contributed by atoms with van der Waals surface area (Å²) in [4.78, 5) is 8.39. The first-order valence-electron chi connectivity index (χ1n) is 5.92. The van der Waals surface area contributed by atoms with E-state index in [2.05, 4.69) is 15.1 Å². The van der Waals surface area contributed by atoms with Crippen molar-refractivity contribution >= 4 is 5.69 Å². The average Bonchev–Trinajstić information content (AvgIpc) is 2.89. The van der Waals surface area contributed by atoms with Crippen molar-refractivity contribution in [2.24, 2.45) is 0 Å². The van der Waals surface area contributed by atoms with Crippen molar-refractivity contribution in [2.75, 3.05) is 5.73 Å². The largest absolute Gasteiger partial charge is 0.399 e. The number of hydrogen-bond donors (Lipinski definition) is 1. The topological polar surface area (TPSA) is 69.6 Å². The second kappa shape index (κ2) is 4.53. The maximum absolute atomic E-state index is 5.67. The minimum atomic E-state index is 0.677. The van der Waals surface area contributed by atoms with Gasteiger partial charge in [-0.3, -0.25) is 4.98 Å². The van der Waals surface area contributed by atoms with Crippen molar-refractivity contribution in [3.8, 4) is 17.1 Å². The van der Waals surface area contributed by atoms with Gasteiger partial charge in [-0.25, -0.2) is 9.67 Å². The summed E-state index contributed by atoms with van der Waals surface area (Å²) in [7, 11) is 0. The van der Waals surface area contributed by atoms with E-state index in [4.69, 9.17) is 5.73 Å². The maximum Gasteiger partial charge on any atom is 0.181 e. The standard InChI is InChI=1S/C14H13N5/c1-10-8-16-7-6-13(10)19-9-17-14(18-19)11-2-4-12(15)5-3-11/h2-9H,15H2,1H3. The lowest BCUT2D eigenvalue weighted by molar-refractivity contribution is 0.870. The van der Waals surface area contributed by atoms with Gasteiger partial charge in [0.1, 0.15) is 6.33 Å². The first-order valence-corrected chi connectivity index (χ1v) is 5.92. The molecule has 19 heavy (non-hydrogen) atoms. The number of hydrogen-bond acceptors (Lipinski definition) is 4. The van der Waals surface area contributed by atoms with Crippen LogP contribution < -0.4 is 5.73 Å². The Morgan fingerprint density at radius 3 is 2.63 bits per heavy atom. The van der Waals surface area contributed by atoms with E-state index in [1.165, 1.54) is 0 Å². The number of pyridine rings is 1. The highest BCUT2D eigenvalue weighted by Gasteiger charge is 2.06. The SMILES string of the molecule is Cc1cnccc1-n1cnc(-c2ccc(N)cc2)n1. The number of aryl methyl sites for hydroxylation is 1. The normalized spacial score (nSPS) is 10.6. The Kier molecular flexibility index (Phi) is 2.72. The van der Waals surface area contributed by atoms with Gasteiger partial charge in [-0.15, -0.1) is 5.10 Å². The van der Waals surface area contributed by atoms with Gasteiger partial charge >= 0.3 is 0 Å². The number of nitrogens with two attached hydrogens (primary N) is 1. The van der Waals surface area contributed by atoms with Gasteiger partial charge in [0.15, 0.2) is 5.82 Å². The lowest BCUT2D eigenvalue weighted by Gasteiger charge is -2.03. The van der Waals surface area contributed by atoms with Gasteiger partial charge in [-0.05, 0) is 42.8 Å². The zero-order valence-corrected chi connectivity index (χ0v) is 10.5. The molecule has 3 rings (SSSR count). The molecule has 0 amide bonds. The third-order valence-electron chi connectivity index (χ3n) is 2.90. The monoisotopic (exact) mass is 251 g/mol. The van der Waals surface area contributed by atoms with Crippen LogP contribution in [0.25, 0.3) is 17.1 Å². The minimum absolute atomic E-state index is 0.677. The molecule has 3 aromatic rings. The molecular formula is C14H13N5. The zero-order valence-electron chi connectivity index (χ0n) is 10.5. The Morgan fingerprint density at radius 2 is 1.89 bits per heavy atom. The van der Waals surface area contributed by atoms with Crippen LogP contribution in [-0.4, -0.2) is 19.7 Å². The lowest BCUT2D eigenvalue weighted by Crippen LogP contribution is -1.98. The quantitative estimate of drug-likeness (QED) is 0.709. The first-order chi connectivity index (χ1) is 9.24. The molecule has 0 radical (unpaired) electrons. The van der Waals surface area contributed by atoms with Crippen LogP contribution in [0, 0.1) is 6.92 Å². The van der Waals surface area contributed by atoms with E-state index in [0.717, 1.165) is 22.5 Å². The number of aromatic nitrogens is 4. The van der Waals surface area contributed by atoms with Crippen LogP contribution in [0.1, 0.15) is 5.56 Å². The van der Waals surface area contributed by atoms with Crippen LogP contribution in [-0.2, 0) is 0 Å². The van der Waals surface area contributed by atoms with Crippen molar-refractivity contribution in [1.29, 1.82) is 0 Å². The summed E-state index contributed by atoms with van der Waals surface area (Å²) in [6.07, 6.45) is 5.25. The molecule has 2 heterocycles. The summed E-state index contributed by atoms with van der Waals surface area (Å²) in [5.74, 6) is 0.677. The molecule has 0 bridgehead atoms. The minimum Gasteiger partial charge on any atom is -0.399 e. The van der Waals surface area contributed by atoms with E-state index in [1.807, 2.05) is 37.3 Å². The molecule has 94 valence electrons. The number of benzene rings is 1. The molecule has 0 spiro atoms. The summed E-state index contributed by atoms with van der Waals surface area (Å²) in [6, 6.07) is 9.42. The van der Waals surface area contributed by atoms with Crippen molar-refractivity contribution in [3.63, 3.8) is 0 Å². The molecule has 0 saturated carbocycles. The molecular weight excluding hydrogens is 238 g/mol. The molecule has 2 aromatic heterocycles. The fraction of sp³-hybridized carbons (Fsp3) is 0.0714. The molecule has 0 aliphatic carbocycles. The Morgan fingerprint density at radius 1 is 1.11 bits per heavy atom. The van der Waals surface area contributed by atoms with Crippen molar-refractivity contribution in [1.82, 2.24) is 19.7 Å². The van der Waals surface area contributed by atoms with Crippen LogP contribution in [0.5, 0.6) is 0 Å². The number of nitrogen functional groups attached to an aromatic ring is 1. The lowest BCUT2D eigenvalue weighted by atomic mass is 10.2. The van der Waals surface area contributed by atoms with Crippen LogP contribution in [0.4, 0.5) is 5.69 Å². The third-order valence-corrected chi connectivity index (χ3v) is 2.90. The average molecular weight is 251 g/mol. The predicted molar refractivity (Wildman–Crippen MR) is 73.7 cm³/mol. The maximum atomic E-state index is 5.67. The van der Waals surface area contributed by atoms with Gasteiger partial charge in [0.25, 0.3) is 0 Å². The molecule has 0 fully saturated rings. The second-order valence-corrected chi connectivity index (χ2v) is 4.30. The third kappa shape index (κ3) is 2.18. The molecule has 0 aliphatic rings. The highest BCUT2D eigenvalue weighted by Crippen LogP contribution is 2.18. The zero-order chi connectivity index (χ0) is 13.2. The van der Waals surface area contributed by atoms with Gasteiger partial charge in [-0.1, -0.05) is 0 Å². The first kappa shape index (κ1) is 11.4. The summed E-state index contributed by atoms with van der Waals surface area (Å²) in [5, 5.41) is 4.48. The smallest absolute Gasteiger partial charge is 0.181 e. The van der Waals surface area contributed by atoms with Gasteiger partial charge in [0, 0.05) is 23.6 Å². The van der Waals surface area contributed by atoms with E-state index < -0.39 is 0 Å². The number of nitrogens with zero attached hydrogens (tertiary/aromatic N) is 4. The highest BCUT2D eigenvalue weighted by molar-refractivity contribution is 5.58. The van der Waals surface area contributed by atoms with E-state index in [9.17, 15) is 0 Å². The molecule has 2 N–H and O–H groups in total. The van der Waals surface area contributed by atoms with E-state index in [-0.39, 0.29) is 0 Å². The Balaban J connectivity index is 2.00. The van der Waals surface area contributed by atoms with E-state index >= 15 is 0 Å². The molecule has 5 nitrogen and oxygen atoms in total. The number of rotatable bonds is 2. The Hall–Kier alpha value is -2.69. The molecule has 1 aromatic carbocycles. The fourth-order valence-corrected chi connectivity index (χ4v) is 1.87. The van der Waals surface area contributed by atoms with Gasteiger partial charge in [0.05, 0.1) is 5.69 Å². The highest BCUT2D eigenvalue weighted by atomic mass is 15.3. The molecule has 0 saturated heterocycles. The molecule has 0 unspecified atom stereocenters. The Bertz CT molecular complexity index is 700. The molecule has 5 heteroatoms. The van der Waals surface area contributed by atoms with Gasteiger partial charge < -0.3 is 5.73 Å². The summed E-state index contributed by atoms with van der Waals surface area (Å²) in [6.45, 7) is 1.99. The fourth-order valence-electron chi connectivity index (χ4n) is 1.87. The molecule has 0 atom stereocenters. The summed E-state index contributed by atoms with van der Waals surface area (Å²) < 4.78 is 1.75. The van der Waals surface area contributed by atoms with E-state index in [1.54, 1.807) is 23.4 Å². The molecule has 0 aliphatic heterocycles. The summed E-state index contributed by atoms with van der Waals surface area (Å²) >= 11 is 0. The van der Waals surface area contributed by atoms with Crippen LogP contribution in [0.15, 0.2) is 49.1 Å². The predicted octanol–water partition coefficient (Wildman–Crippen LogP) is 2.22. The Labute approximate surface area is 110 Å². The summed E-state index contributed by atoms with van der Waals surface area (Å²) in [5.41, 5.74) is 9.37. The van der Waals surface area contributed by atoms with Crippen LogP contribution in [0.3, 0.4) is 0 Å². The number of anilines is 1. The second-order valence-electron chi connectivity index (χ2n) is 4.30.